The zero-order valence-electron chi connectivity index (χ0n) is 12.4. The van der Waals surface area contributed by atoms with E-state index in [1.165, 1.54) is 28.5 Å². The number of nitrogens with one attached hydrogen (secondary N) is 1. The molecule has 0 saturated heterocycles. The molecule has 0 saturated carbocycles. The molecule has 1 aromatic heterocycles. The second-order valence-corrected chi connectivity index (χ2v) is 6.04. The van der Waals surface area contributed by atoms with Crippen molar-refractivity contribution in [1.82, 2.24) is 10.3 Å². The fraction of sp³-hybridized carbons (Fsp3) is 0.786. The first-order chi connectivity index (χ1) is 8.63. The number of aromatic nitrogens is 1. The smallest absolute Gasteiger partial charge is 0.185 e. The van der Waals surface area contributed by atoms with E-state index >= 15 is 0 Å². The van der Waals surface area contributed by atoms with Crippen LogP contribution in [0.5, 0.6) is 0 Å². The van der Waals surface area contributed by atoms with Gasteiger partial charge in [0.05, 0.1) is 5.69 Å². The van der Waals surface area contributed by atoms with Crippen LogP contribution >= 0.6 is 11.3 Å². The molecule has 104 valence electrons. The van der Waals surface area contributed by atoms with Crippen LogP contribution in [0.4, 0.5) is 5.13 Å². The van der Waals surface area contributed by atoms with Crippen LogP contribution in [0.15, 0.2) is 0 Å². The Bertz CT molecular complexity index is 341. The molecule has 18 heavy (non-hydrogen) atoms. The molecule has 0 bridgehead atoms. The minimum atomic E-state index is 0.503. The number of hydrogen-bond donors (Lipinski definition) is 1. The van der Waals surface area contributed by atoms with Crippen molar-refractivity contribution >= 4 is 16.5 Å². The van der Waals surface area contributed by atoms with Gasteiger partial charge < -0.3 is 10.2 Å². The molecule has 0 unspecified atom stereocenters. The molecule has 1 heterocycles. The summed E-state index contributed by atoms with van der Waals surface area (Å²) in [5.74, 6) is 0.503. The molecule has 1 N–H and O–H groups in total. The van der Waals surface area contributed by atoms with Crippen LogP contribution in [0.25, 0.3) is 0 Å². The largest absolute Gasteiger partial charge is 0.348 e. The Morgan fingerprint density at radius 3 is 2.28 bits per heavy atom. The van der Waals surface area contributed by atoms with E-state index in [4.69, 9.17) is 4.98 Å². The molecule has 0 atom stereocenters. The molecule has 0 aliphatic rings. The van der Waals surface area contributed by atoms with Crippen LogP contribution in [-0.4, -0.2) is 25.1 Å². The summed E-state index contributed by atoms with van der Waals surface area (Å²) in [5.41, 5.74) is 1.27. The van der Waals surface area contributed by atoms with Gasteiger partial charge in [-0.15, -0.1) is 11.3 Å². The van der Waals surface area contributed by atoms with Gasteiger partial charge in [-0.2, -0.15) is 0 Å². The minimum absolute atomic E-state index is 0.503. The predicted molar refractivity (Wildman–Crippen MR) is 81.8 cm³/mol. The monoisotopic (exact) mass is 269 g/mol. The number of rotatable bonds is 8. The second-order valence-electron chi connectivity index (χ2n) is 4.98. The zero-order valence-corrected chi connectivity index (χ0v) is 13.2. The fourth-order valence-corrected chi connectivity index (χ4v) is 3.35. The third kappa shape index (κ3) is 3.95. The highest BCUT2D eigenvalue weighted by Gasteiger charge is 2.17. The molecule has 1 aromatic rings. The van der Waals surface area contributed by atoms with E-state index in [-0.39, 0.29) is 0 Å². The third-order valence-electron chi connectivity index (χ3n) is 2.86. The Kier molecular flexibility index (Phi) is 6.65. The predicted octanol–water partition coefficient (Wildman–Crippen LogP) is 3.61. The van der Waals surface area contributed by atoms with Gasteiger partial charge >= 0.3 is 0 Å². The lowest BCUT2D eigenvalue weighted by atomic mass is 10.1. The molecule has 0 aliphatic heterocycles. The Morgan fingerprint density at radius 2 is 1.83 bits per heavy atom. The highest BCUT2D eigenvalue weighted by molar-refractivity contribution is 7.15. The quantitative estimate of drug-likeness (QED) is 0.781. The molecule has 1 rings (SSSR count). The minimum Gasteiger partial charge on any atom is -0.348 e. The van der Waals surface area contributed by atoms with E-state index < -0.39 is 0 Å². The van der Waals surface area contributed by atoms with Crippen LogP contribution < -0.4 is 10.2 Å². The molecule has 4 heteroatoms. The maximum Gasteiger partial charge on any atom is 0.185 e. The van der Waals surface area contributed by atoms with Crippen molar-refractivity contribution in [2.45, 2.75) is 53.0 Å². The first-order valence-electron chi connectivity index (χ1n) is 7.03. The summed E-state index contributed by atoms with van der Waals surface area (Å²) in [4.78, 5) is 8.69. The van der Waals surface area contributed by atoms with Crippen molar-refractivity contribution < 1.29 is 0 Å². The summed E-state index contributed by atoms with van der Waals surface area (Å²) < 4.78 is 0. The van der Waals surface area contributed by atoms with E-state index in [2.05, 4.69) is 37.9 Å². The van der Waals surface area contributed by atoms with Crippen LogP contribution in [0.1, 0.15) is 57.0 Å². The number of hydrogen-bond acceptors (Lipinski definition) is 4. The van der Waals surface area contributed by atoms with E-state index in [0.717, 1.165) is 19.6 Å². The summed E-state index contributed by atoms with van der Waals surface area (Å²) in [5, 5.41) is 4.45. The standard InChI is InChI=1S/C14H27N3S/c1-6-8-17(9-7-2)14-16-13(11(3)4)12(18-14)10-15-5/h11,15H,6-10H2,1-5H3. The van der Waals surface area contributed by atoms with Gasteiger partial charge in [0.15, 0.2) is 5.13 Å². The molecule has 0 aromatic carbocycles. The van der Waals surface area contributed by atoms with Gasteiger partial charge in [0.25, 0.3) is 0 Å². The van der Waals surface area contributed by atoms with Crippen LogP contribution in [-0.2, 0) is 6.54 Å². The van der Waals surface area contributed by atoms with Gasteiger partial charge in [0, 0.05) is 24.5 Å². The van der Waals surface area contributed by atoms with Crippen molar-refractivity contribution in [3.63, 3.8) is 0 Å². The van der Waals surface area contributed by atoms with E-state index in [0.29, 0.717) is 5.92 Å². The van der Waals surface area contributed by atoms with Gasteiger partial charge in [-0.3, -0.25) is 0 Å². The fourth-order valence-electron chi connectivity index (χ4n) is 2.07. The number of nitrogens with zero attached hydrogens (tertiary/aromatic N) is 2. The molecule has 0 amide bonds. The third-order valence-corrected chi connectivity index (χ3v) is 3.99. The Morgan fingerprint density at radius 1 is 1.22 bits per heavy atom. The van der Waals surface area contributed by atoms with Gasteiger partial charge in [0.2, 0.25) is 0 Å². The molecule has 0 fully saturated rings. The first kappa shape index (κ1) is 15.4. The van der Waals surface area contributed by atoms with Crippen molar-refractivity contribution in [3.05, 3.63) is 10.6 Å². The highest BCUT2D eigenvalue weighted by Crippen LogP contribution is 2.30. The number of thiazole rings is 1. The molecular formula is C14H27N3S. The van der Waals surface area contributed by atoms with Gasteiger partial charge in [-0.25, -0.2) is 4.98 Å². The maximum atomic E-state index is 4.87. The Balaban J connectivity index is 2.96. The lowest BCUT2D eigenvalue weighted by Crippen LogP contribution is -2.24. The average molecular weight is 269 g/mol. The maximum absolute atomic E-state index is 4.87. The van der Waals surface area contributed by atoms with E-state index in [9.17, 15) is 0 Å². The molecule has 0 aliphatic carbocycles. The van der Waals surface area contributed by atoms with Crippen molar-refractivity contribution in [2.24, 2.45) is 0 Å². The first-order valence-corrected chi connectivity index (χ1v) is 7.84. The SMILES string of the molecule is CCCN(CCC)c1nc(C(C)C)c(CNC)s1. The summed E-state index contributed by atoms with van der Waals surface area (Å²) in [6.07, 6.45) is 2.36. The average Bonchev–Trinajstić information content (AvgIpc) is 2.73. The normalized spacial score (nSPS) is 11.2. The second kappa shape index (κ2) is 7.74. The van der Waals surface area contributed by atoms with Gasteiger partial charge in [0.1, 0.15) is 0 Å². The van der Waals surface area contributed by atoms with E-state index in [1.807, 2.05) is 18.4 Å². The van der Waals surface area contributed by atoms with E-state index in [1.54, 1.807) is 0 Å². The van der Waals surface area contributed by atoms with Gasteiger partial charge in [-0.05, 0) is 25.8 Å². The number of anilines is 1. The molecular weight excluding hydrogens is 242 g/mol. The lowest BCUT2D eigenvalue weighted by Gasteiger charge is -2.20. The molecule has 0 radical (unpaired) electrons. The highest BCUT2D eigenvalue weighted by atomic mass is 32.1. The summed E-state index contributed by atoms with van der Waals surface area (Å²) in [6.45, 7) is 12.1. The summed E-state index contributed by atoms with van der Waals surface area (Å²) in [7, 11) is 2.00. The zero-order chi connectivity index (χ0) is 13.5. The van der Waals surface area contributed by atoms with Crippen LogP contribution in [0.2, 0.25) is 0 Å². The Labute approximate surface area is 116 Å². The van der Waals surface area contributed by atoms with Gasteiger partial charge in [-0.1, -0.05) is 27.7 Å². The Hall–Kier alpha value is -0.610. The van der Waals surface area contributed by atoms with Crippen LogP contribution in [0, 0.1) is 0 Å². The van der Waals surface area contributed by atoms with Crippen molar-refractivity contribution in [2.75, 3.05) is 25.0 Å². The van der Waals surface area contributed by atoms with Crippen molar-refractivity contribution in [3.8, 4) is 0 Å². The molecule has 0 spiro atoms. The van der Waals surface area contributed by atoms with Crippen molar-refractivity contribution in [1.29, 1.82) is 0 Å². The molecule has 3 nitrogen and oxygen atoms in total. The topological polar surface area (TPSA) is 28.2 Å². The lowest BCUT2D eigenvalue weighted by molar-refractivity contribution is 0.731. The summed E-state index contributed by atoms with van der Waals surface area (Å²) in [6, 6.07) is 0. The summed E-state index contributed by atoms with van der Waals surface area (Å²) >= 11 is 1.85. The van der Waals surface area contributed by atoms with Crippen LogP contribution in [0.3, 0.4) is 0 Å².